The number of hydrogen-bond acceptors (Lipinski definition) is 2. The van der Waals surface area contributed by atoms with Crippen molar-refractivity contribution >= 4 is 0 Å². The van der Waals surface area contributed by atoms with Crippen molar-refractivity contribution in [3.8, 4) is 0 Å². The third-order valence-corrected chi connectivity index (χ3v) is 3.66. The van der Waals surface area contributed by atoms with Crippen molar-refractivity contribution in [1.82, 2.24) is 10.2 Å². The maximum absolute atomic E-state index is 3.23. The minimum Gasteiger partial charge on any atom is -0.319 e. The molecule has 94 valence electrons. The summed E-state index contributed by atoms with van der Waals surface area (Å²) in [6.45, 7) is 4.40. The van der Waals surface area contributed by atoms with Crippen molar-refractivity contribution in [2.75, 3.05) is 20.6 Å². The Bertz CT molecular complexity index is 340. The van der Waals surface area contributed by atoms with Gasteiger partial charge in [0.15, 0.2) is 0 Å². The quantitative estimate of drug-likeness (QED) is 0.811. The van der Waals surface area contributed by atoms with Crippen molar-refractivity contribution in [2.24, 2.45) is 0 Å². The molecular formula is C15H24N2. The molecule has 1 aliphatic carbocycles. The molecule has 0 heterocycles. The van der Waals surface area contributed by atoms with Gasteiger partial charge in [0.2, 0.25) is 0 Å². The number of likely N-dealkylation sites (N-methyl/N-ethyl adjacent to an activating group) is 1. The molecule has 17 heavy (non-hydrogen) atoms. The van der Waals surface area contributed by atoms with Gasteiger partial charge in [0.25, 0.3) is 0 Å². The van der Waals surface area contributed by atoms with Gasteiger partial charge >= 0.3 is 0 Å². The lowest BCUT2D eigenvalue weighted by atomic mass is 10.00. The number of nitrogens with one attached hydrogen (secondary N) is 1. The molecule has 2 heteroatoms. The van der Waals surface area contributed by atoms with Crippen molar-refractivity contribution in [1.29, 1.82) is 0 Å². The van der Waals surface area contributed by atoms with Crippen LogP contribution < -0.4 is 5.32 Å². The first-order valence-electron chi connectivity index (χ1n) is 6.64. The molecule has 1 saturated carbocycles. The van der Waals surface area contributed by atoms with Crippen molar-refractivity contribution in [3.63, 3.8) is 0 Å². The molecule has 0 bridgehead atoms. The summed E-state index contributed by atoms with van der Waals surface area (Å²) < 4.78 is 0. The zero-order valence-electron chi connectivity index (χ0n) is 11.2. The van der Waals surface area contributed by atoms with Gasteiger partial charge in [-0.3, -0.25) is 4.90 Å². The molecule has 1 atom stereocenters. The molecule has 0 aromatic heterocycles. The first-order chi connectivity index (χ1) is 8.20. The second kappa shape index (κ2) is 5.65. The summed E-state index contributed by atoms with van der Waals surface area (Å²) in [5.41, 5.74) is 2.86. The van der Waals surface area contributed by atoms with E-state index in [0.29, 0.717) is 5.92 Å². The molecule has 1 N–H and O–H groups in total. The van der Waals surface area contributed by atoms with Crippen LogP contribution in [-0.2, 0) is 6.54 Å². The van der Waals surface area contributed by atoms with Crippen molar-refractivity contribution in [3.05, 3.63) is 35.4 Å². The van der Waals surface area contributed by atoms with E-state index in [2.05, 4.69) is 48.5 Å². The Kier molecular flexibility index (Phi) is 4.19. The van der Waals surface area contributed by atoms with Crippen LogP contribution in [-0.4, -0.2) is 31.6 Å². The molecule has 2 nitrogen and oxygen atoms in total. The fraction of sp³-hybridized carbons (Fsp3) is 0.600. The van der Waals surface area contributed by atoms with E-state index >= 15 is 0 Å². The molecule has 1 aromatic carbocycles. The van der Waals surface area contributed by atoms with Gasteiger partial charge < -0.3 is 5.32 Å². The van der Waals surface area contributed by atoms with E-state index in [-0.39, 0.29) is 0 Å². The third kappa shape index (κ3) is 3.55. The van der Waals surface area contributed by atoms with Crippen LogP contribution in [0.3, 0.4) is 0 Å². The molecule has 0 radical (unpaired) electrons. The lowest BCUT2D eigenvalue weighted by Crippen LogP contribution is -2.20. The Morgan fingerprint density at radius 3 is 2.47 bits per heavy atom. The van der Waals surface area contributed by atoms with E-state index in [9.17, 15) is 0 Å². The van der Waals surface area contributed by atoms with Gasteiger partial charge in [0.1, 0.15) is 0 Å². The first-order valence-corrected chi connectivity index (χ1v) is 6.64. The lowest BCUT2D eigenvalue weighted by Gasteiger charge is -2.16. The summed E-state index contributed by atoms with van der Waals surface area (Å²) in [6, 6.07) is 9.95. The predicted octanol–water partition coefficient (Wildman–Crippen LogP) is 2.60. The molecule has 0 amide bonds. The summed E-state index contributed by atoms with van der Waals surface area (Å²) in [6.07, 6.45) is 2.77. The van der Waals surface area contributed by atoms with Crippen LogP contribution in [0.1, 0.15) is 36.8 Å². The van der Waals surface area contributed by atoms with Crippen LogP contribution in [0.5, 0.6) is 0 Å². The van der Waals surface area contributed by atoms with E-state index < -0.39 is 0 Å². The van der Waals surface area contributed by atoms with E-state index in [1.165, 1.54) is 24.0 Å². The zero-order chi connectivity index (χ0) is 12.3. The highest BCUT2D eigenvalue weighted by Crippen LogP contribution is 2.26. The minimum atomic E-state index is 0.593. The lowest BCUT2D eigenvalue weighted by molar-refractivity contribution is 0.316. The van der Waals surface area contributed by atoms with Crippen LogP contribution in [0, 0.1) is 0 Å². The fourth-order valence-corrected chi connectivity index (χ4v) is 2.31. The number of rotatable bonds is 6. The van der Waals surface area contributed by atoms with Crippen LogP contribution in [0.15, 0.2) is 24.3 Å². The third-order valence-electron chi connectivity index (χ3n) is 3.66. The summed E-state index contributed by atoms with van der Waals surface area (Å²) in [5, 5.41) is 3.23. The summed E-state index contributed by atoms with van der Waals surface area (Å²) in [4.78, 5) is 2.46. The van der Waals surface area contributed by atoms with Crippen LogP contribution >= 0.6 is 0 Å². The predicted molar refractivity (Wildman–Crippen MR) is 73.3 cm³/mol. The molecular weight excluding hydrogens is 208 g/mol. The zero-order valence-corrected chi connectivity index (χ0v) is 11.2. The average molecular weight is 232 g/mol. The van der Waals surface area contributed by atoms with E-state index in [1.54, 1.807) is 0 Å². The van der Waals surface area contributed by atoms with Gasteiger partial charge in [0, 0.05) is 19.1 Å². The second-order valence-electron chi connectivity index (χ2n) is 5.35. The standard InChI is InChI=1S/C15H24N2/c1-12(10-16-2)14-6-4-13(5-7-14)11-17(3)15-8-9-15/h4-7,12,15-16H,8-11H2,1-3H3. The topological polar surface area (TPSA) is 15.3 Å². The normalized spacial score (nSPS) is 17.4. The molecule has 0 spiro atoms. The molecule has 1 aliphatic rings. The Morgan fingerprint density at radius 1 is 1.29 bits per heavy atom. The van der Waals surface area contributed by atoms with E-state index in [1.807, 2.05) is 7.05 Å². The van der Waals surface area contributed by atoms with Gasteiger partial charge in [-0.25, -0.2) is 0 Å². The van der Waals surface area contributed by atoms with Gasteiger partial charge in [0.05, 0.1) is 0 Å². The Balaban J connectivity index is 1.92. The summed E-state index contributed by atoms with van der Waals surface area (Å²) in [7, 11) is 4.24. The highest BCUT2D eigenvalue weighted by atomic mass is 15.1. The SMILES string of the molecule is CNCC(C)c1ccc(CN(C)C2CC2)cc1. The largest absolute Gasteiger partial charge is 0.319 e. The fourth-order valence-electron chi connectivity index (χ4n) is 2.31. The number of nitrogens with zero attached hydrogens (tertiary/aromatic N) is 1. The Hall–Kier alpha value is -0.860. The Labute approximate surface area is 105 Å². The van der Waals surface area contributed by atoms with E-state index in [4.69, 9.17) is 0 Å². The molecule has 0 saturated heterocycles. The smallest absolute Gasteiger partial charge is 0.0233 e. The molecule has 1 aromatic rings. The van der Waals surface area contributed by atoms with Gasteiger partial charge in [-0.1, -0.05) is 31.2 Å². The maximum atomic E-state index is 3.23. The second-order valence-corrected chi connectivity index (χ2v) is 5.35. The Morgan fingerprint density at radius 2 is 1.94 bits per heavy atom. The average Bonchev–Trinajstić information content (AvgIpc) is 3.14. The first kappa shape index (κ1) is 12.6. The van der Waals surface area contributed by atoms with Gasteiger partial charge in [-0.15, -0.1) is 0 Å². The molecule has 0 aliphatic heterocycles. The molecule has 2 rings (SSSR count). The van der Waals surface area contributed by atoms with Gasteiger partial charge in [-0.2, -0.15) is 0 Å². The van der Waals surface area contributed by atoms with Crippen LogP contribution in [0.4, 0.5) is 0 Å². The molecule has 1 fully saturated rings. The van der Waals surface area contributed by atoms with Gasteiger partial charge in [-0.05, 0) is 44.0 Å². The number of hydrogen-bond donors (Lipinski definition) is 1. The summed E-state index contributed by atoms with van der Waals surface area (Å²) in [5.74, 6) is 0.593. The van der Waals surface area contributed by atoms with Crippen LogP contribution in [0.2, 0.25) is 0 Å². The van der Waals surface area contributed by atoms with Crippen molar-refractivity contribution < 1.29 is 0 Å². The molecule has 1 unspecified atom stereocenters. The van der Waals surface area contributed by atoms with Crippen molar-refractivity contribution in [2.45, 2.75) is 38.3 Å². The highest BCUT2D eigenvalue weighted by Gasteiger charge is 2.25. The summed E-state index contributed by atoms with van der Waals surface area (Å²) >= 11 is 0. The van der Waals surface area contributed by atoms with Crippen LogP contribution in [0.25, 0.3) is 0 Å². The maximum Gasteiger partial charge on any atom is 0.0233 e. The highest BCUT2D eigenvalue weighted by molar-refractivity contribution is 5.25. The van der Waals surface area contributed by atoms with E-state index in [0.717, 1.165) is 19.1 Å². The minimum absolute atomic E-state index is 0.593. The monoisotopic (exact) mass is 232 g/mol. The number of benzene rings is 1.